The normalized spacial score (nSPS) is 19.6. The first-order chi connectivity index (χ1) is 11.5. The molecule has 1 atom stereocenters. The number of amides is 1. The highest BCUT2D eigenvalue weighted by atomic mass is 32.2. The van der Waals surface area contributed by atoms with Crippen LogP contribution in [0.5, 0.6) is 0 Å². The first-order valence-corrected chi connectivity index (χ1v) is 9.45. The number of para-hydroxylation sites is 1. The summed E-state index contributed by atoms with van der Waals surface area (Å²) in [5, 5.41) is 2.73. The fraction of sp³-hybridized carbons (Fsp3) is 0.278. The number of anilines is 2. The van der Waals surface area contributed by atoms with Crippen LogP contribution in [0.3, 0.4) is 0 Å². The summed E-state index contributed by atoms with van der Waals surface area (Å²) in [5.74, 6) is 0.242. The van der Waals surface area contributed by atoms with E-state index in [-0.39, 0.29) is 17.2 Å². The molecule has 0 saturated carbocycles. The molecule has 24 heavy (non-hydrogen) atoms. The summed E-state index contributed by atoms with van der Waals surface area (Å²) in [4.78, 5) is 11.7. The van der Waals surface area contributed by atoms with Gasteiger partial charge in [0.15, 0.2) is 0 Å². The summed E-state index contributed by atoms with van der Waals surface area (Å²) in [6.07, 6.45) is 1.02. The van der Waals surface area contributed by atoms with E-state index in [1.807, 2.05) is 24.3 Å². The Balaban J connectivity index is 1.78. The summed E-state index contributed by atoms with van der Waals surface area (Å²) in [5.41, 5.74) is 3.25. The quantitative estimate of drug-likeness (QED) is 0.912. The van der Waals surface area contributed by atoms with Gasteiger partial charge in [-0.15, -0.1) is 0 Å². The fourth-order valence-corrected chi connectivity index (χ4v) is 5.02. The Morgan fingerprint density at radius 3 is 2.79 bits per heavy atom. The van der Waals surface area contributed by atoms with Crippen LogP contribution >= 0.6 is 0 Å². The molecule has 6 heteroatoms. The zero-order chi connectivity index (χ0) is 16.9. The number of rotatable bonds is 2. The van der Waals surface area contributed by atoms with Gasteiger partial charge in [-0.1, -0.05) is 25.1 Å². The SMILES string of the molecule is CC1CCN(S(=O)(=O)c2ccc3c(c2)CC(=O)N3)c2ccccc21. The Kier molecular flexibility index (Phi) is 3.38. The van der Waals surface area contributed by atoms with E-state index in [0.29, 0.717) is 18.2 Å². The van der Waals surface area contributed by atoms with E-state index in [0.717, 1.165) is 23.2 Å². The van der Waals surface area contributed by atoms with Crippen LogP contribution < -0.4 is 9.62 Å². The first kappa shape index (κ1) is 15.2. The van der Waals surface area contributed by atoms with E-state index in [1.54, 1.807) is 18.2 Å². The average molecular weight is 342 g/mol. The Morgan fingerprint density at radius 1 is 1.17 bits per heavy atom. The lowest BCUT2D eigenvalue weighted by molar-refractivity contribution is -0.115. The van der Waals surface area contributed by atoms with Gasteiger partial charge in [0.2, 0.25) is 5.91 Å². The lowest BCUT2D eigenvalue weighted by Crippen LogP contribution is -2.36. The van der Waals surface area contributed by atoms with E-state index in [2.05, 4.69) is 12.2 Å². The van der Waals surface area contributed by atoms with Crippen LogP contribution in [-0.4, -0.2) is 20.9 Å². The number of nitrogens with zero attached hydrogens (tertiary/aromatic N) is 1. The standard InChI is InChI=1S/C18H18N2O3S/c1-12-8-9-20(17-5-3-2-4-15(12)17)24(22,23)14-6-7-16-13(10-14)11-18(21)19-16/h2-7,10,12H,8-9,11H2,1H3,(H,19,21). The molecule has 2 aliphatic heterocycles. The average Bonchev–Trinajstić information content (AvgIpc) is 2.94. The zero-order valence-corrected chi connectivity index (χ0v) is 14.1. The number of hydrogen-bond donors (Lipinski definition) is 1. The molecule has 2 heterocycles. The highest BCUT2D eigenvalue weighted by Crippen LogP contribution is 2.38. The minimum absolute atomic E-state index is 0.100. The molecule has 2 aromatic carbocycles. The van der Waals surface area contributed by atoms with Crippen LogP contribution in [-0.2, 0) is 21.2 Å². The van der Waals surface area contributed by atoms with Crippen molar-refractivity contribution in [3.8, 4) is 0 Å². The second-order valence-electron chi connectivity index (χ2n) is 6.37. The van der Waals surface area contributed by atoms with Crippen molar-refractivity contribution >= 4 is 27.3 Å². The molecule has 1 unspecified atom stereocenters. The van der Waals surface area contributed by atoms with Gasteiger partial charge in [0.25, 0.3) is 10.0 Å². The summed E-state index contributed by atoms with van der Waals surface area (Å²) in [6, 6.07) is 12.5. The molecule has 4 rings (SSSR count). The number of carbonyl (C=O) groups is 1. The fourth-order valence-electron chi connectivity index (χ4n) is 3.46. The predicted molar refractivity (Wildman–Crippen MR) is 92.8 cm³/mol. The number of fused-ring (bicyclic) bond motifs is 2. The lowest BCUT2D eigenvalue weighted by Gasteiger charge is -2.33. The maximum atomic E-state index is 13.2. The first-order valence-electron chi connectivity index (χ1n) is 8.01. The Bertz CT molecular complexity index is 937. The van der Waals surface area contributed by atoms with Gasteiger partial charge < -0.3 is 5.32 Å². The zero-order valence-electron chi connectivity index (χ0n) is 13.3. The van der Waals surface area contributed by atoms with Crippen LogP contribution in [0.1, 0.15) is 30.4 Å². The third-order valence-corrected chi connectivity index (χ3v) is 6.60. The second-order valence-corrected chi connectivity index (χ2v) is 8.23. The van der Waals surface area contributed by atoms with Crippen molar-refractivity contribution in [2.45, 2.75) is 30.6 Å². The monoisotopic (exact) mass is 342 g/mol. The molecule has 1 N–H and O–H groups in total. The van der Waals surface area contributed by atoms with Crippen molar-refractivity contribution in [3.63, 3.8) is 0 Å². The molecule has 0 aromatic heterocycles. The number of carbonyl (C=O) groups excluding carboxylic acids is 1. The molecule has 0 saturated heterocycles. The maximum Gasteiger partial charge on any atom is 0.264 e. The Hall–Kier alpha value is -2.34. The van der Waals surface area contributed by atoms with Gasteiger partial charge in [-0.05, 0) is 47.7 Å². The Morgan fingerprint density at radius 2 is 1.96 bits per heavy atom. The van der Waals surface area contributed by atoms with Crippen molar-refractivity contribution in [2.24, 2.45) is 0 Å². The van der Waals surface area contributed by atoms with Crippen molar-refractivity contribution in [1.29, 1.82) is 0 Å². The van der Waals surface area contributed by atoms with E-state index in [1.165, 1.54) is 4.31 Å². The van der Waals surface area contributed by atoms with Gasteiger partial charge in [0, 0.05) is 12.2 Å². The molecular weight excluding hydrogens is 324 g/mol. The molecule has 0 spiro atoms. The molecule has 0 fully saturated rings. The molecule has 124 valence electrons. The van der Waals surface area contributed by atoms with E-state index in [9.17, 15) is 13.2 Å². The number of hydrogen-bond acceptors (Lipinski definition) is 3. The van der Waals surface area contributed by atoms with E-state index >= 15 is 0 Å². The van der Waals surface area contributed by atoms with Crippen LogP contribution in [0.25, 0.3) is 0 Å². The minimum Gasteiger partial charge on any atom is -0.326 e. The Labute approximate surface area is 141 Å². The summed E-state index contributed by atoms with van der Waals surface area (Å²) >= 11 is 0. The maximum absolute atomic E-state index is 13.2. The van der Waals surface area contributed by atoms with Gasteiger partial charge >= 0.3 is 0 Å². The van der Waals surface area contributed by atoms with Gasteiger partial charge in [0.05, 0.1) is 17.0 Å². The topological polar surface area (TPSA) is 66.5 Å². The number of benzene rings is 2. The van der Waals surface area contributed by atoms with Crippen LogP contribution in [0.2, 0.25) is 0 Å². The van der Waals surface area contributed by atoms with Crippen molar-refractivity contribution in [3.05, 3.63) is 53.6 Å². The molecule has 2 aliphatic rings. The summed E-state index contributed by atoms with van der Waals surface area (Å²) in [6.45, 7) is 2.59. The molecule has 0 bridgehead atoms. The largest absolute Gasteiger partial charge is 0.326 e. The minimum atomic E-state index is -3.64. The molecule has 5 nitrogen and oxygen atoms in total. The number of sulfonamides is 1. The van der Waals surface area contributed by atoms with Crippen LogP contribution in [0.15, 0.2) is 47.4 Å². The molecule has 0 radical (unpaired) electrons. The third-order valence-electron chi connectivity index (χ3n) is 4.79. The molecular formula is C18H18N2O3S. The van der Waals surface area contributed by atoms with Gasteiger partial charge in [-0.25, -0.2) is 8.42 Å². The van der Waals surface area contributed by atoms with Crippen molar-refractivity contribution in [2.75, 3.05) is 16.2 Å². The van der Waals surface area contributed by atoms with E-state index < -0.39 is 10.0 Å². The van der Waals surface area contributed by atoms with Crippen LogP contribution in [0, 0.1) is 0 Å². The number of nitrogens with one attached hydrogen (secondary N) is 1. The van der Waals surface area contributed by atoms with Crippen molar-refractivity contribution < 1.29 is 13.2 Å². The third kappa shape index (κ3) is 2.29. The van der Waals surface area contributed by atoms with Crippen LogP contribution in [0.4, 0.5) is 11.4 Å². The van der Waals surface area contributed by atoms with Gasteiger partial charge in [-0.3, -0.25) is 9.10 Å². The lowest BCUT2D eigenvalue weighted by atomic mass is 9.93. The highest BCUT2D eigenvalue weighted by molar-refractivity contribution is 7.92. The summed E-state index contributed by atoms with van der Waals surface area (Å²) < 4.78 is 27.8. The van der Waals surface area contributed by atoms with E-state index in [4.69, 9.17) is 0 Å². The molecule has 1 amide bonds. The van der Waals surface area contributed by atoms with Crippen molar-refractivity contribution in [1.82, 2.24) is 0 Å². The second kappa shape index (κ2) is 5.34. The molecule has 0 aliphatic carbocycles. The molecule has 2 aromatic rings. The van der Waals surface area contributed by atoms with Gasteiger partial charge in [0.1, 0.15) is 0 Å². The summed E-state index contributed by atoms with van der Waals surface area (Å²) in [7, 11) is -3.64. The van der Waals surface area contributed by atoms with Gasteiger partial charge in [-0.2, -0.15) is 0 Å². The smallest absolute Gasteiger partial charge is 0.264 e. The highest BCUT2D eigenvalue weighted by Gasteiger charge is 2.32. The predicted octanol–water partition coefficient (Wildman–Crippen LogP) is 2.88.